The number of benzene rings is 1. The van der Waals surface area contributed by atoms with Gasteiger partial charge in [0.1, 0.15) is 5.82 Å². The Labute approximate surface area is 133 Å². The Hall–Kier alpha value is -2.28. The molecule has 3 rings (SSSR count). The molecule has 2 aromatic rings. The molecule has 2 heterocycles. The van der Waals surface area contributed by atoms with Crippen molar-refractivity contribution < 1.29 is 13.7 Å². The predicted molar refractivity (Wildman–Crippen MR) is 81.0 cm³/mol. The van der Waals surface area contributed by atoms with Crippen molar-refractivity contribution >= 4 is 5.91 Å². The van der Waals surface area contributed by atoms with Crippen molar-refractivity contribution in [3.8, 4) is 0 Å². The van der Waals surface area contributed by atoms with Gasteiger partial charge in [0, 0.05) is 19.6 Å². The van der Waals surface area contributed by atoms with Crippen LogP contribution in [0.15, 0.2) is 22.7 Å². The normalized spacial score (nSPS) is 17.8. The number of hydrogen-bond acceptors (Lipinski definition) is 5. The van der Waals surface area contributed by atoms with Gasteiger partial charge in [0.05, 0.1) is 13.0 Å². The second-order valence-corrected chi connectivity index (χ2v) is 5.69. The molecule has 7 heteroatoms. The molecule has 1 amide bonds. The van der Waals surface area contributed by atoms with E-state index in [1.54, 1.807) is 13.1 Å². The van der Waals surface area contributed by atoms with E-state index in [0.717, 1.165) is 18.5 Å². The molecule has 0 unspecified atom stereocenters. The van der Waals surface area contributed by atoms with Gasteiger partial charge < -0.3 is 9.84 Å². The van der Waals surface area contributed by atoms with Crippen molar-refractivity contribution in [1.29, 1.82) is 0 Å². The molecule has 0 saturated heterocycles. The summed E-state index contributed by atoms with van der Waals surface area (Å²) in [5.74, 6) is 0.460. The minimum atomic E-state index is -0.219. The zero-order chi connectivity index (χ0) is 16.4. The highest BCUT2D eigenvalue weighted by Crippen LogP contribution is 2.30. The lowest BCUT2D eigenvalue weighted by molar-refractivity contribution is -0.120. The van der Waals surface area contributed by atoms with Gasteiger partial charge in [0.2, 0.25) is 11.8 Å². The Kier molecular flexibility index (Phi) is 4.38. The summed E-state index contributed by atoms with van der Waals surface area (Å²) in [4.78, 5) is 17.7. The number of carbonyl (C=O) groups excluding carboxylic acids is 1. The Balaban J connectivity index is 1.70. The third kappa shape index (κ3) is 3.39. The highest BCUT2D eigenvalue weighted by molar-refractivity contribution is 5.77. The fourth-order valence-electron chi connectivity index (χ4n) is 2.88. The van der Waals surface area contributed by atoms with E-state index < -0.39 is 0 Å². The lowest BCUT2D eigenvalue weighted by atomic mass is 9.93. The molecule has 1 aromatic heterocycles. The molecule has 0 saturated carbocycles. The minimum Gasteiger partial charge on any atom is -0.359 e. The standard InChI is InChI=1S/C16H19FN4O2/c1-10-13-7-12(17)4-3-11(13)5-6-21(10)9-16-19-14(20-23-16)8-15(22)18-2/h3-4,7,10H,5-6,8-9H2,1-2H3,(H,18,22)/t10-/m1/s1. The van der Waals surface area contributed by atoms with Crippen LogP contribution in [-0.4, -0.2) is 34.5 Å². The molecule has 6 nitrogen and oxygen atoms in total. The maximum absolute atomic E-state index is 13.5. The number of nitrogens with one attached hydrogen (secondary N) is 1. The van der Waals surface area contributed by atoms with Crippen molar-refractivity contribution in [3.05, 3.63) is 46.9 Å². The Morgan fingerprint density at radius 1 is 1.52 bits per heavy atom. The first kappa shape index (κ1) is 15.6. The molecule has 1 N–H and O–H groups in total. The third-order valence-corrected chi connectivity index (χ3v) is 4.22. The summed E-state index contributed by atoms with van der Waals surface area (Å²) in [6.45, 7) is 3.37. The SMILES string of the molecule is CNC(=O)Cc1noc(CN2CCc3ccc(F)cc3[C@H]2C)n1. The summed E-state index contributed by atoms with van der Waals surface area (Å²) >= 11 is 0. The fourth-order valence-corrected chi connectivity index (χ4v) is 2.88. The van der Waals surface area contributed by atoms with Crippen LogP contribution in [0, 0.1) is 5.82 Å². The zero-order valence-electron chi connectivity index (χ0n) is 13.2. The summed E-state index contributed by atoms with van der Waals surface area (Å²) in [5.41, 5.74) is 2.18. The van der Waals surface area contributed by atoms with Gasteiger partial charge in [-0.2, -0.15) is 4.98 Å². The van der Waals surface area contributed by atoms with Crippen LogP contribution in [0.2, 0.25) is 0 Å². The summed E-state index contributed by atoms with van der Waals surface area (Å²) in [7, 11) is 1.56. The lowest BCUT2D eigenvalue weighted by Crippen LogP contribution is -2.33. The molecule has 0 fully saturated rings. The largest absolute Gasteiger partial charge is 0.359 e. The first-order valence-electron chi connectivity index (χ1n) is 7.61. The zero-order valence-corrected chi connectivity index (χ0v) is 13.2. The van der Waals surface area contributed by atoms with Crippen LogP contribution in [-0.2, 0) is 24.2 Å². The molecular weight excluding hydrogens is 299 g/mol. The third-order valence-electron chi connectivity index (χ3n) is 4.22. The first-order chi connectivity index (χ1) is 11.1. The van der Waals surface area contributed by atoms with E-state index in [2.05, 4.69) is 20.4 Å². The maximum Gasteiger partial charge on any atom is 0.240 e. The van der Waals surface area contributed by atoms with Gasteiger partial charge in [-0.05, 0) is 36.6 Å². The number of rotatable bonds is 4. The first-order valence-corrected chi connectivity index (χ1v) is 7.61. The average molecular weight is 318 g/mol. The molecule has 0 aliphatic carbocycles. The molecule has 1 aliphatic heterocycles. The van der Waals surface area contributed by atoms with Gasteiger partial charge >= 0.3 is 0 Å². The van der Waals surface area contributed by atoms with Crippen LogP contribution in [0.4, 0.5) is 4.39 Å². The molecule has 0 bridgehead atoms. The van der Waals surface area contributed by atoms with Crippen molar-refractivity contribution in [3.63, 3.8) is 0 Å². The van der Waals surface area contributed by atoms with Gasteiger partial charge in [-0.25, -0.2) is 4.39 Å². The number of nitrogens with zero attached hydrogens (tertiary/aromatic N) is 3. The minimum absolute atomic E-state index is 0.0729. The number of aromatic nitrogens is 2. The molecule has 1 aliphatic rings. The average Bonchev–Trinajstić information content (AvgIpc) is 2.97. The van der Waals surface area contributed by atoms with Gasteiger partial charge in [-0.3, -0.25) is 9.69 Å². The monoisotopic (exact) mass is 318 g/mol. The van der Waals surface area contributed by atoms with E-state index in [-0.39, 0.29) is 24.2 Å². The van der Waals surface area contributed by atoms with Gasteiger partial charge in [-0.1, -0.05) is 11.2 Å². The summed E-state index contributed by atoms with van der Waals surface area (Å²) in [5, 5.41) is 6.34. The fraction of sp³-hybridized carbons (Fsp3) is 0.438. The Morgan fingerprint density at radius 2 is 2.35 bits per heavy atom. The van der Waals surface area contributed by atoms with Crippen LogP contribution < -0.4 is 5.32 Å². The number of likely N-dealkylation sites (N-methyl/N-ethyl adjacent to an activating group) is 1. The second-order valence-electron chi connectivity index (χ2n) is 5.69. The van der Waals surface area contributed by atoms with Crippen LogP contribution in [0.5, 0.6) is 0 Å². The van der Waals surface area contributed by atoms with Gasteiger partial charge in [0.15, 0.2) is 5.82 Å². The van der Waals surface area contributed by atoms with Crippen LogP contribution in [0.1, 0.15) is 35.8 Å². The van der Waals surface area contributed by atoms with E-state index in [0.29, 0.717) is 18.3 Å². The highest BCUT2D eigenvalue weighted by Gasteiger charge is 2.25. The van der Waals surface area contributed by atoms with E-state index in [1.165, 1.54) is 11.6 Å². The van der Waals surface area contributed by atoms with Gasteiger partial charge in [0.25, 0.3) is 0 Å². The van der Waals surface area contributed by atoms with Gasteiger partial charge in [-0.15, -0.1) is 0 Å². The van der Waals surface area contributed by atoms with Crippen molar-refractivity contribution in [2.75, 3.05) is 13.6 Å². The van der Waals surface area contributed by atoms with Crippen molar-refractivity contribution in [2.24, 2.45) is 0 Å². The smallest absolute Gasteiger partial charge is 0.240 e. The predicted octanol–water partition coefficient (Wildman–Crippen LogP) is 1.62. The van der Waals surface area contributed by atoms with E-state index in [1.807, 2.05) is 13.0 Å². The topological polar surface area (TPSA) is 71.3 Å². The number of halogens is 1. The van der Waals surface area contributed by atoms with E-state index in [4.69, 9.17) is 4.52 Å². The summed E-state index contributed by atoms with van der Waals surface area (Å²) < 4.78 is 18.7. The maximum atomic E-state index is 13.5. The van der Waals surface area contributed by atoms with Crippen LogP contribution >= 0.6 is 0 Å². The van der Waals surface area contributed by atoms with E-state index in [9.17, 15) is 9.18 Å². The Bertz CT molecular complexity index is 716. The number of fused-ring (bicyclic) bond motifs is 1. The number of hydrogen-bond donors (Lipinski definition) is 1. The second kappa shape index (κ2) is 6.45. The van der Waals surface area contributed by atoms with Crippen LogP contribution in [0.3, 0.4) is 0 Å². The molecule has 0 spiro atoms. The Morgan fingerprint density at radius 3 is 3.13 bits per heavy atom. The molecule has 0 radical (unpaired) electrons. The van der Waals surface area contributed by atoms with Crippen molar-refractivity contribution in [2.45, 2.75) is 32.4 Å². The lowest BCUT2D eigenvalue weighted by Gasteiger charge is -2.34. The summed E-state index contributed by atoms with van der Waals surface area (Å²) in [6.07, 6.45) is 0.961. The van der Waals surface area contributed by atoms with Crippen molar-refractivity contribution in [1.82, 2.24) is 20.4 Å². The summed E-state index contributed by atoms with van der Waals surface area (Å²) in [6, 6.07) is 5.03. The van der Waals surface area contributed by atoms with E-state index >= 15 is 0 Å². The molecule has 23 heavy (non-hydrogen) atoms. The molecule has 1 atom stereocenters. The molecule has 1 aromatic carbocycles. The molecular formula is C16H19FN4O2. The quantitative estimate of drug-likeness (QED) is 0.927. The number of amides is 1. The molecule has 122 valence electrons. The van der Waals surface area contributed by atoms with Crippen LogP contribution in [0.25, 0.3) is 0 Å². The highest BCUT2D eigenvalue weighted by atomic mass is 19.1. The number of carbonyl (C=O) groups is 1.